The third kappa shape index (κ3) is 4.17. The maximum atomic E-state index is 12.2. The molecular formula is C20H17BrN4O3. The van der Waals surface area contributed by atoms with Gasteiger partial charge in [0.2, 0.25) is 0 Å². The van der Waals surface area contributed by atoms with Gasteiger partial charge in [-0.05, 0) is 44.2 Å². The topological polar surface area (TPSA) is 89.5 Å². The molecule has 3 rings (SSSR count). The lowest BCUT2D eigenvalue weighted by Gasteiger charge is -2.09. The number of carbonyl (C=O) groups excluding carboxylic acids is 1. The lowest BCUT2D eigenvalue weighted by Crippen LogP contribution is -2.17. The number of nitrogens with zero attached hydrogens (tertiary/aromatic N) is 3. The number of rotatable bonds is 5. The minimum Gasteiger partial charge on any atom is -0.318 e. The van der Waals surface area contributed by atoms with Crippen molar-refractivity contribution in [3.05, 3.63) is 91.7 Å². The van der Waals surface area contributed by atoms with Gasteiger partial charge in [-0.3, -0.25) is 14.9 Å². The summed E-state index contributed by atoms with van der Waals surface area (Å²) in [5, 5.41) is 15.1. The van der Waals surface area contributed by atoms with Gasteiger partial charge < -0.3 is 4.57 Å². The molecule has 8 heteroatoms. The van der Waals surface area contributed by atoms with Crippen molar-refractivity contribution < 1.29 is 9.72 Å². The Hall–Kier alpha value is -3.26. The molecule has 1 N–H and O–H groups in total. The van der Waals surface area contributed by atoms with Gasteiger partial charge in [0, 0.05) is 39.1 Å². The van der Waals surface area contributed by atoms with E-state index in [1.165, 1.54) is 12.1 Å². The standard InChI is InChI=1S/C20H17BrN4O3/c1-13-9-16(12-22-23-20(26)15-5-3-6-17(21)10-15)14(2)24(13)18-7-4-8-19(11-18)25(27)28/h3-12H,1-2H3,(H,23,26)/b22-12-. The first-order valence-electron chi connectivity index (χ1n) is 8.39. The summed E-state index contributed by atoms with van der Waals surface area (Å²) < 4.78 is 2.72. The van der Waals surface area contributed by atoms with Crippen molar-refractivity contribution in [1.82, 2.24) is 9.99 Å². The predicted molar refractivity (Wildman–Crippen MR) is 111 cm³/mol. The smallest absolute Gasteiger partial charge is 0.271 e. The summed E-state index contributed by atoms with van der Waals surface area (Å²) in [5.74, 6) is -0.315. The maximum Gasteiger partial charge on any atom is 0.271 e. The van der Waals surface area contributed by atoms with Crippen LogP contribution in [-0.4, -0.2) is 21.6 Å². The molecule has 0 aliphatic carbocycles. The molecule has 28 heavy (non-hydrogen) atoms. The van der Waals surface area contributed by atoms with Crippen molar-refractivity contribution in [3.63, 3.8) is 0 Å². The molecule has 7 nitrogen and oxygen atoms in total. The minimum atomic E-state index is -0.419. The van der Waals surface area contributed by atoms with E-state index in [0.29, 0.717) is 11.3 Å². The molecule has 0 aliphatic rings. The number of carbonyl (C=O) groups is 1. The highest BCUT2D eigenvalue weighted by molar-refractivity contribution is 9.10. The number of halogens is 1. The second-order valence-electron chi connectivity index (χ2n) is 6.15. The molecule has 0 aliphatic heterocycles. The molecule has 142 valence electrons. The molecule has 1 aromatic heterocycles. The summed E-state index contributed by atoms with van der Waals surface area (Å²) in [6.45, 7) is 3.80. The zero-order valence-corrected chi connectivity index (χ0v) is 16.8. The Balaban J connectivity index is 1.82. The number of aromatic nitrogens is 1. The van der Waals surface area contributed by atoms with E-state index < -0.39 is 4.92 Å². The molecule has 3 aromatic rings. The first-order chi connectivity index (χ1) is 13.4. The van der Waals surface area contributed by atoms with Crippen LogP contribution in [0.3, 0.4) is 0 Å². The fourth-order valence-electron chi connectivity index (χ4n) is 2.92. The number of nitro groups is 1. The van der Waals surface area contributed by atoms with E-state index in [0.717, 1.165) is 21.4 Å². The van der Waals surface area contributed by atoms with Crippen LogP contribution in [-0.2, 0) is 0 Å². The van der Waals surface area contributed by atoms with Gasteiger partial charge in [-0.1, -0.05) is 28.1 Å². The lowest BCUT2D eigenvalue weighted by atomic mass is 10.2. The van der Waals surface area contributed by atoms with Crippen molar-refractivity contribution in [2.75, 3.05) is 0 Å². The van der Waals surface area contributed by atoms with Crippen molar-refractivity contribution in [3.8, 4) is 5.69 Å². The van der Waals surface area contributed by atoms with Crippen LogP contribution < -0.4 is 5.43 Å². The molecule has 0 spiro atoms. The van der Waals surface area contributed by atoms with E-state index in [-0.39, 0.29) is 11.6 Å². The second kappa shape index (κ2) is 8.18. The van der Waals surface area contributed by atoms with E-state index in [4.69, 9.17) is 0 Å². The van der Waals surface area contributed by atoms with Crippen molar-refractivity contribution in [2.45, 2.75) is 13.8 Å². The fraction of sp³-hybridized carbons (Fsp3) is 0.100. The average Bonchev–Trinajstić information content (AvgIpc) is 2.95. The highest BCUT2D eigenvalue weighted by Gasteiger charge is 2.13. The average molecular weight is 441 g/mol. The van der Waals surface area contributed by atoms with Gasteiger partial charge in [-0.25, -0.2) is 5.43 Å². The van der Waals surface area contributed by atoms with Gasteiger partial charge in [0.05, 0.1) is 16.8 Å². The van der Waals surface area contributed by atoms with Crippen molar-refractivity contribution >= 4 is 33.7 Å². The normalized spacial score (nSPS) is 11.0. The molecular weight excluding hydrogens is 424 g/mol. The Kier molecular flexibility index (Phi) is 5.70. The lowest BCUT2D eigenvalue weighted by molar-refractivity contribution is -0.384. The Morgan fingerprint density at radius 3 is 2.64 bits per heavy atom. The Bertz CT molecular complexity index is 1090. The maximum absolute atomic E-state index is 12.2. The molecule has 0 fully saturated rings. The molecule has 2 aromatic carbocycles. The SMILES string of the molecule is Cc1cc(/C=N\NC(=O)c2cccc(Br)c2)c(C)n1-c1cccc([N+](=O)[O-])c1. The first-order valence-corrected chi connectivity index (χ1v) is 9.19. The van der Waals surface area contributed by atoms with Crippen molar-refractivity contribution in [2.24, 2.45) is 5.10 Å². The summed E-state index contributed by atoms with van der Waals surface area (Å²) in [4.78, 5) is 22.8. The highest BCUT2D eigenvalue weighted by atomic mass is 79.9. The number of non-ortho nitro benzene ring substituents is 1. The van der Waals surface area contributed by atoms with E-state index >= 15 is 0 Å². The quantitative estimate of drug-likeness (QED) is 0.359. The number of aryl methyl sites for hydroxylation is 1. The number of hydrazone groups is 1. The number of hydrogen-bond donors (Lipinski definition) is 1. The molecule has 1 heterocycles. The largest absolute Gasteiger partial charge is 0.318 e. The number of benzene rings is 2. The highest BCUT2D eigenvalue weighted by Crippen LogP contribution is 2.23. The van der Waals surface area contributed by atoms with Crippen LogP contribution >= 0.6 is 15.9 Å². The van der Waals surface area contributed by atoms with Gasteiger partial charge in [-0.2, -0.15) is 5.10 Å². The number of hydrogen-bond acceptors (Lipinski definition) is 4. The molecule has 0 bridgehead atoms. The summed E-state index contributed by atoms with van der Waals surface area (Å²) in [6.07, 6.45) is 1.56. The van der Waals surface area contributed by atoms with Gasteiger partial charge in [0.1, 0.15) is 0 Å². The Morgan fingerprint density at radius 2 is 1.93 bits per heavy atom. The van der Waals surface area contributed by atoms with Crippen molar-refractivity contribution in [1.29, 1.82) is 0 Å². The van der Waals surface area contributed by atoms with E-state index in [9.17, 15) is 14.9 Å². The van der Waals surface area contributed by atoms with Crippen LogP contribution in [0.5, 0.6) is 0 Å². The summed E-state index contributed by atoms with van der Waals surface area (Å²) in [6, 6.07) is 15.4. The molecule has 1 amide bonds. The Morgan fingerprint density at radius 1 is 1.18 bits per heavy atom. The fourth-order valence-corrected chi connectivity index (χ4v) is 3.32. The van der Waals surface area contributed by atoms with Crippen LogP contribution in [0.2, 0.25) is 0 Å². The Labute approximate surface area is 170 Å². The molecule has 0 radical (unpaired) electrons. The van der Waals surface area contributed by atoms with Gasteiger partial charge >= 0.3 is 0 Å². The summed E-state index contributed by atoms with van der Waals surface area (Å²) in [5.41, 5.74) is 6.29. The van der Waals surface area contributed by atoms with E-state index in [2.05, 4.69) is 26.5 Å². The number of nitrogens with one attached hydrogen (secondary N) is 1. The molecule has 0 saturated carbocycles. The van der Waals surface area contributed by atoms with Crippen LogP contribution in [0.15, 0.2) is 64.2 Å². The third-order valence-electron chi connectivity index (χ3n) is 4.23. The zero-order chi connectivity index (χ0) is 20.3. The van der Waals surface area contributed by atoms with Crippen LogP contribution in [0.1, 0.15) is 27.3 Å². The molecule has 0 unspecified atom stereocenters. The summed E-state index contributed by atoms with van der Waals surface area (Å²) in [7, 11) is 0. The molecule has 0 atom stereocenters. The molecule has 0 saturated heterocycles. The zero-order valence-electron chi connectivity index (χ0n) is 15.2. The van der Waals surface area contributed by atoms with Gasteiger partial charge in [0.15, 0.2) is 0 Å². The number of amides is 1. The van der Waals surface area contributed by atoms with Gasteiger partial charge in [0.25, 0.3) is 11.6 Å². The monoisotopic (exact) mass is 440 g/mol. The van der Waals surface area contributed by atoms with E-state index in [1.807, 2.05) is 36.6 Å². The summed E-state index contributed by atoms with van der Waals surface area (Å²) >= 11 is 3.33. The van der Waals surface area contributed by atoms with Crippen LogP contribution in [0.25, 0.3) is 5.69 Å². The minimum absolute atomic E-state index is 0.0292. The van der Waals surface area contributed by atoms with E-state index in [1.54, 1.807) is 30.5 Å². The number of nitro benzene ring substituents is 1. The van der Waals surface area contributed by atoms with Crippen LogP contribution in [0.4, 0.5) is 5.69 Å². The van der Waals surface area contributed by atoms with Gasteiger partial charge in [-0.15, -0.1) is 0 Å². The van der Waals surface area contributed by atoms with Crippen LogP contribution in [0, 0.1) is 24.0 Å². The predicted octanol–water partition coefficient (Wildman–Crippen LogP) is 4.53. The second-order valence-corrected chi connectivity index (χ2v) is 7.06. The third-order valence-corrected chi connectivity index (χ3v) is 4.72. The first kappa shape index (κ1) is 19.5.